The Kier molecular flexibility index (Phi) is 4.81. The van der Waals surface area contributed by atoms with Crippen molar-refractivity contribution in [3.63, 3.8) is 0 Å². The molecule has 0 aliphatic carbocycles. The van der Waals surface area contributed by atoms with Gasteiger partial charge in [-0.25, -0.2) is 0 Å². The Morgan fingerprint density at radius 3 is 2.40 bits per heavy atom. The highest BCUT2D eigenvalue weighted by Gasteiger charge is 2.10. The van der Waals surface area contributed by atoms with Crippen LogP contribution in [0.5, 0.6) is 0 Å². The number of carbonyl (C=O) groups excluding carboxylic acids is 1. The summed E-state index contributed by atoms with van der Waals surface area (Å²) in [5, 5.41) is 11.9. The van der Waals surface area contributed by atoms with Crippen molar-refractivity contribution in [3.05, 3.63) is 61.5 Å². The second-order valence-corrected chi connectivity index (χ2v) is 6.16. The van der Waals surface area contributed by atoms with Crippen LogP contribution in [-0.4, -0.2) is 5.91 Å². The van der Waals surface area contributed by atoms with Crippen molar-refractivity contribution in [2.75, 3.05) is 5.32 Å². The van der Waals surface area contributed by atoms with Gasteiger partial charge in [-0.1, -0.05) is 43.5 Å². The van der Waals surface area contributed by atoms with E-state index in [0.717, 1.165) is 8.95 Å². The van der Waals surface area contributed by atoms with E-state index in [2.05, 4.69) is 37.2 Å². The zero-order chi connectivity index (χ0) is 14.7. The quantitative estimate of drug-likeness (QED) is 0.753. The van der Waals surface area contributed by atoms with Gasteiger partial charge in [-0.15, -0.1) is 0 Å². The Labute approximate surface area is 137 Å². The molecule has 2 aromatic carbocycles. The summed E-state index contributed by atoms with van der Waals surface area (Å²) < 4.78 is 1.57. The molecule has 3 nitrogen and oxygen atoms in total. The third kappa shape index (κ3) is 3.60. The molecule has 0 atom stereocenters. The first kappa shape index (κ1) is 15.0. The minimum atomic E-state index is -0.302. The van der Waals surface area contributed by atoms with E-state index < -0.39 is 0 Å². The fraction of sp³-hybridized carbons (Fsp3) is 0. The number of amides is 1. The number of benzene rings is 2. The summed E-state index contributed by atoms with van der Waals surface area (Å²) in [5.41, 5.74) is 1.32. The Bertz CT molecular complexity index is 705. The third-order valence-corrected chi connectivity index (χ3v) is 3.71. The maximum Gasteiger partial charge on any atom is 0.255 e. The summed E-state index contributed by atoms with van der Waals surface area (Å²) >= 11 is 12.7. The summed E-state index contributed by atoms with van der Waals surface area (Å²) in [7, 11) is 0. The van der Waals surface area contributed by atoms with Crippen LogP contribution in [0.1, 0.15) is 15.9 Å². The van der Waals surface area contributed by atoms with Gasteiger partial charge >= 0.3 is 0 Å². The van der Waals surface area contributed by atoms with Gasteiger partial charge in [-0.3, -0.25) is 4.79 Å². The molecule has 0 heterocycles. The van der Waals surface area contributed by atoms with E-state index in [1.165, 1.54) is 6.07 Å². The molecule has 2 rings (SSSR count). The smallest absolute Gasteiger partial charge is 0.255 e. The molecule has 0 saturated carbocycles. The zero-order valence-electron chi connectivity index (χ0n) is 9.95. The molecule has 0 radical (unpaired) electrons. The van der Waals surface area contributed by atoms with Crippen molar-refractivity contribution in [3.8, 4) is 6.07 Å². The van der Waals surface area contributed by atoms with Crippen LogP contribution in [0, 0.1) is 11.3 Å². The van der Waals surface area contributed by atoms with Gasteiger partial charge in [-0.2, -0.15) is 5.26 Å². The molecule has 0 saturated heterocycles. The van der Waals surface area contributed by atoms with Crippen molar-refractivity contribution in [1.29, 1.82) is 5.26 Å². The van der Waals surface area contributed by atoms with Crippen LogP contribution in [0.25, 0.3) is 0 Å². The van der Waals surface area contributed by atoms with E-state index in [9.17, 15) is 4.79 Å². The molecule has 0 aliphatic heterocycles. The predicted octanol–water partition coefficient (Wildman–Crippen LogP) is 4.99. The highest BCUT2D eigenvalue weighted by molar-refractivity contribution is 9.11. The van der Waals surface area contributed by atoms with Gasteiger partial charge in [-0.05, 0) is 36.4 Å². The normalized spacial score (nSPS) is 9.90. The number of carbonyl (C=O) groups is 1. The highest BCUT2D eigenvalue weighted by atomic mass is 79.9. The molecule has 0 bridgehead atoms. The van der Waals surface area contributed by atoms with Gasteiger partial charge in [0.15, 0.2) is 0 Å². The minimum absolute atomic E-state index is 0.302. The average molecular weight is 414 g/mol. The molecule has 0 fully saturated rings. The molecule has 0 unspecified atom stereocenters. The number of rotatable bonds is 2. The number of nitrogens with one attached hydrogen (secondary N) is 1. The number of hydrogen-bond acceptors (Lipinski definition) is 2. The fourth-order valence-electron chi connectivity index (χ4n) is 1.57. The predicted molar refractivity (Wildman–Crippen MR) is 86.0 cm³/mol. The maximum absolute atomic E-state index is 12.2. The first-order valence-corrected chi connectivity index (χ1v) is 7.43. The zero-order valence-corrected chi connectivity index (χ0v) is 13.9. The van der Waals surface area contributed by atoms with Crippen LogP contribution in [-0.2, 0) is 0 Å². The van der Waals surface area contributed by atoms with Crippen LogP contribution >= 0.6 is 43.5 Å². The molecule has 6 heteroatoms. The van der Waals surface area contributed by atoms with E-state index >= 15 is 0 Å². The van der Waals surface area contributed by atoms with Crippen molar-refractivity contribution in [1.82, 2.24) is 0 Å². The van der Waals surface area contributed by atoms with Crippen LogP contribution in [0.4, 0.5) is 5.69 Å². The molecular weight excluding hydrogens is 407 g/mol. The van der Waals surface area contributed by atoms with Crippen LogP contribution in [0.15, 0.2) is 45.3 Å². The molecule has 1 N–H and O–H groups in total. The summed E-state index contributed by atoms with van der Waals surface area (Å²) in [5.74, 6) is -0.302. The SMILES string of the molecule is N#Cc1ccc(Cl)c(NC(=O)c2cc(Br)cc(Br)c2)c1. The van der Waals surface area contributed by atoms with Gasteiger partial charge in [0.25, 0.3) is 5.91 Å². The van der Waals surface area contributed by atoms with Gasteiger partial charge in [0.05, 0.1) is 22.3 Å². The van der Waals surface area contributed by atoms with Gasteiger partial charge in [0.1, 0.15) is 0 Å². The Morgan fingerprint density at radius 2 is 1.80 bits per heavy atom. The fourth-order valence-corrected chi connectivity index (χ4v) is 3.03. The molecular formula is C14H7Br2ClN2O. The standard InChI is InChI=1S/C14H7Br2ClN2O/c15-10-4-9(5-11(16)6-10)14(20)19-13-3-8(7-18)1-2-12(13)17/h1-6H,(H,19,20). The monoisotopic (exact) mass is 412 g/mol. The van der Waals surface area contributed by atoms with Crippen molar-refractivity contribution in [2.45, 2.75) is 0 Å². The lowest BCUT2D eigenvalue weighted by atomic mass is 10.2. The largest absolute Gasteiger partial charge is 0.321 e. The highest BCUT2D eigenvalue weighted by Crippen LogP contribution is 2.25. The van der Waals surface area contributed by atoms with Crippen molar-refractivity contribution >= 4 is 55.1 Å². The van der Waals surface area contributed by atoms with Crippen molar-refractivity contribution < 1.29 is 4.79 Å². The second-order valence-electron chi connectivity index (χ2n) is 3.92. The summed E-state index contributed by atoms with van der Waals surface area (Å²) in [6.45, 7) is 0. The molecule has 0 aliphatic rings. The molecule has 100 valence electrons. The Balaban J connectivity index is 2.30. The topological polar surface area (TPSA) is 52.9 Å². The molecule has 1 amide bonds. The average Bonchev–Trinajstić information content (AvgIpc) is 2.40. The molecule has 0 spiro atoms. The van der Waals surface area contributed by atoms with E-state index in [4.69, 9.17) is 16.9 Å². The van der Waals surface area contributed by atoms with Crippen LogP contribution < -0.4 is 5.32 Å². The summed E-state index contributed by atoms with van der Waals surface area (Å²) in [4.78, 5) is 12.2. The summed E-state index contributed by atoms with van der Waals surface area (Å²) in [6.07, 6.45) is 0. The number of nitriles is 1. The van der Waals surface area contributed by atoms with E-state index in [-0.39, 0.29) is 5.91 Å². The summed E-state index contributed by atoms with van der Waals surface area (Å²) in [6, 6.07) is 11.9. The third-order valence-electron chi connectivity index (χ3n) is 2.47. The van der Waals surface area contributed by atoms with Crippen molar-refractivity contribution in [2.24, 2.45) is 0 Å². The number of hydrogen-bond donors (Lipinski definition) is 1. The lowest BCUT2D eigenvalue weighted by molar-refractivity contribution is 0.102. The molecule has 20 heavy (non-hydrogen) atoms. The van der Waals surface area contributed by atoms with Gasteiger partial charge < -0.3 is 5.32 Å². The first-order valence-electron chi connectivity index (χ1n) is 5.46. The van der Waals surface area contributed by atoms with E-state index in [0.29, 0.717) is 21.8 Å². The number of nitrogens with zero attached hydrogens (tertiary/aromatic N) is 1. The van der Waals surface area contributed by atoms with Gasteiger partial charge in [0.2, 0.25) is 0 Å². The Morgan fingerprint density at radius 1 is 1.15 bits per heavy atom. The lowest BCUT2D eigenvalue weighted by Gasteiger charge is -2.08. The minimum Gasteiger partial charge on any atom is -0.321 e. The van der Waals surface area contributed by atoms with Gasteiger partial charge in [0, 0.05) is 14.5 Å². The number of anilines is 1. The lowest BCUT2D eigenvalue weighted by Crippen LogP contribution is -2.12. The molecule has 0 aromatic heterocycles. The van der Waals surface area contributed by atoms with E-state index in [1.54, 1.807) is 24.3 Å². The first-order chi connectivity index (χ1) is 9.49. The van der Waals surface area contributed by atoms with Crippen LogP contribution in [0.3, 0.4) is 0 Å². The maximum atomic E-state index is 12.2. The Hall–Kier alpha value is -1.35. The van der Waals surface area contributed by atoms with E-state index in [1.807, 2.05) is 12.1 Å². The van der Waals surface area contributed by atoms with Crippen LogP contribution in [0.2, 0.25) is 5.02 Å². The second kappa shape index (κ2) is 6.40. The number of halogens is 3. The molecule has 2 aromatic rings.